The van der Waals surface area contributed by atoms with E-state index in [1.165, 1.54) is 6.07 Å². The molecule has 2 rings (SSSR count). The standard InChI is InChI=1S/C15H25FN4/c1-18(2)6-7-19-8-10-20(11-9-19)15-13(12-17)4-3-5-14(15)16/h3-5H,6-12,17H2,1-2H3. The van der Waals surface area contributed by atoms with Gasteiger partial charge in [0.1, 0.15) is 5.82 Å². The highest BCUT2D eigenvalue weighted by Gasteiger charge is 2.21. The van der Waals surface area contributed by atoms with E-state index in [9.17, 15) is 4.39 Å². The summed E-state index contributed by atoms with van der Waals surface area (Å²) >= 11 is 0. The first-order chi connectivity index (χ1) is 9.61. The molecule has 5 heteroatoms. The van der Waals surface area contributed by atoms with Gasteiger partial charge in [-0.2, -0.15) is 0 Å². The Morgan fingerprint density at radius 3 is 2.50 bits per heavy atom. The molecule has 0 unspecified atom stereocenters. The fourth-order valence-corrected chi connectivity index (χ4v) is 2.62. The molecule has 112 valence electrons. The molecular formula is C15H25FN4. The number of halogens is 1. The number of hydrogen-bond acceptors (Lipinski definition) is 4. The van der Waals surface area contributed by atoms with Crippen molar-refractivity contribution in [3.8, 4) is 0 Å². The van der Waals surface area contributed by atoms with Gasteiger partial charge in [0.05, 0.1) is 5.69 Å². The predicted molar refractivity (Wildman–Crippen MR) is 81.5 cm³/mol. The summed E-state index contributed by atoms with van der Waals surface area (Å²) in [6, 6.07) is 5.16. The third kappa shape index (κ3) is 3.69. The lowest BCUT2D eigenvalue weighted by Crippen LogP contribution is -2.48. The Labute approximate surface area is 120 Å². The molecule has 2 N–H and O–H groups in total. The number of anilines is 1. The van der Waals surface area contributed by atoms with Gasteiger partial charge < -0.3 is 15.5 Å². The normalized spacial score (nSPS) is 16.9. The van der Waals surface area contributed by atoms with Crippen LogP contribution in [0.5, 0.6) is 0 Å². The van der Waals surface area contributed by atoms with Crippen LogP contribution in [0.2, 0.25) is 0 Å². The number of benzene rings is 1. The predicted octanol–water partition coefficient (Wildman–Crippen LogP) is 0.968. The van der Waals surface area contributed by atoms with Gasteiger partial charge in [0.2, 0.25) is 0 Å². The summed E-state index contributed by atoms with van der Waals surface area (Å²) in [5.74, 6) is -0.158. The second kappa shape index (κ2) is 7.02. The third-order valence-electron chi connectivity index (χ3n) is 3.84. The van der Waals surface area contributed by atoms with E-state index in [1.807, 2.05) is 6.07 Å². The molecule has 1 aromatic carbocycles. The quantitative estimate of drug-likeness (QED) is 0.872. The lowest BCUT2D eigenvalue weighted by atomic mass is 10.1. The van der Waals surface area contributed by atoms with Crippen molar-refractivity contribution in [1.29, 1.82) is 0 Å². The summed E-state index contributed by atoms with van der Waals surface area (Å²) in [6.45, 7) is 6.20. The molecule has 1 saturated heterocycles. The zero-order chi connectivity index (χ0) is 14.5. The Balaban J connectivity index is 1.97. The van der Waals surface area contributed by atoms with E-state index in [0.29, 0.717) is 12.2 Å². The molecule has 0 aromatic heterocycles. The molecule has 0 amide bonds. The smallest absolute Gasteiger partial charge is 0.146 e. The van der Waals surface area contributed by atoms with Crippen LogP contribution in [0.4, 0.5) is 10.1 Å². The Morgan fingerprint density at radius 2 is 1.90 bits per heavy atom. The summed E-state index contributed by atoms with van der Waals surface area (Å²) in [4.78, 5) is 6.75. The highest BCUT2D eigenvalue weighted by Crippen LogP contribution is 2.25. The fourth-order valence-electron chi connectivity index (χ4n) is 2.62. The molecule has 1 aromatic rings. The Hall–Kier alpha value is -1.17. The van der Waals surface area contributed by atoms with E-state index < -0.39 is 0 Å². The van der Waals surface area contributed by atoms with Gasteiger partial charge in [-0.3, -0.25) is 4.90 Å². The monoisotopic (exact) mass is 280 g/mol. The van der Waals surface area contributed by atoms with Crippen LogP contribution in [0.15, 0.2) is 18.2 Å². The SMILES string of the molecule is CN(C)CCN1CCN(c2c(F)cccc2CN)CC1. The van der Waals surface area contributed by atoms with Gasteiger partial charge in [-0.15, -0.1) is 0 Å². The average Bonchev–Trinajstić information content (AvgIpc) is 2.45. The van der Waals surface area contributed by atoms with Crippen LogP contribution in [0.25, 0.3) is 0 Å². The molecule has 1 fully saturated rings. The zero-order valence-corrected chi connectivity index (χ0v) is 12.5. The molecule has 1 aliphatic rings. The summed E-state index contributed by atoms with van der Waals surface area (Å²) in [5, 5.41) is 0. The topological polar surface area (TPSA) is 35.7 Å². The lowest BCUT2D eigenvalue weighted by molar-refractivity contribution is 0.229. The molecule has 20 heavy (non-hydrogen) atoms. The summed E-state index contributed by atoms with van der Waals surface area (Å²) in [5.41, 5.74) is 7.32. The maximum Gasteiger partial charge on any atom is 0.146 e. The van der Waals surface area contributed by atoms with Crippen LogP contribution in [-0.4, -0.2) is 63.2 Å². The highest BCUT2D eigenvalue weighted by atomic mass is 19.1. The van der Waals surface area contributed by atoms with Crippen molar-refractivity contribution in [2.24, 2.45) is 5.73 Å². The number of hydrogen-bond donors (Lipinski definition) is 1. The van der Waals surface area contributed by atoms with Crippen molar-refractivity contribution in [2.45, 2.75) is 6.54 Å². The van der Waals surface area contributed by atoms with Crippen LogP contribution in [-0.2, 0) is 6.54 Å². The van der Waals surface area contributed by atoms with E-state index in [0.717, 1.165) is 44.8 Å². The largest absolute Gasteiger partial charge is 0.366 e. The van der Waals surface area contributed by atoms with Crippen LogP contribution < -0.4 is 10.6 Å². The molecule has 0 spiro atoms. The fraction of sp³-hybridized carbons (Fsp3) is 0.600. The maximum atomic E-state index is 14.1. The molecular weight excluding hydrogens is 255 g/mol. The van der Waals surface area contributed by atoms with E-state index >= 15 is 0 Å². The van der Waals surface area contributed by atoms with Gasteiger partial charge in [-0.25, -0.2) is 4.39 Å². The molecule has 0 aliphatic carbocycles. The minimum atomic E-state index is -0.158. The van der Waals surface area contributed by atoms with Crippen molar-refractivity contribution in [1.82, 2.24) is 9.80 Å². The summed E-state index contributed by atoms with van der Waals surface area (Å²) in [6.07, 6.45) is 0. The zero-order valence-electron chi connectivity index (χ0n) is 12.5. The minimum Gasteiger partial charge on any atom is -0.366 e. The Morgan fingerprint density at radius 1 is 1.20 bits per heavy atom. The summed E-state index contributed by atoms with van der Waals surface area (Å²) in [7, 11) is 4.17. The first-order valence-electron chi connectivity index (χ1n) is 7.21. The maximum absolute atomic E-state index is 14.1. The minimum absolute atomic E-state index is 0.158. The van der Waals surface area contributed by atoms with E-state index in [-0.39, 0.29) is 5.82 Å². The van der Waals surface area contributed by atoms with Crippen LogP contribution in [0.1, 0.15) is 5.56 Å². The molecule has 0 bridgehead atoms. The number of nitrogens with two attached hydrogens (primary N) is 1. The van der Waals surface area contributed by atoms with Crippen molar-refractivity contribution >= 4 is 5.69 Å². The third-order valence-corrected chi connectivity index (χ3v) is 3.84. The first-order valence-corrected chi connectivity index (χ1v) is 7.21. The number of piperazine rings is 1. The number of likely N-dealkylation sites (N-methyl/N-ethyl adjacent to an activating group) is 1. The van der Waals surface area contributed by atoms with Crippen LogP contribution in [0.3, 0.4) is 0 Å². The first kappa shape index (κ1) is 15.2. The number of para-hydroxylation sites is 1. The van der Waals surface area contributed by atoms with Crippen molar-refractivity contribution in [3.63, 3.8) is 0 Å². The molecule has 1 heterocycles. The van der Waals surface area contributed by atoms with E-state index in [4.69, 9.17) is 5.73 Å². The second-order valence-corrected chi connectivity index (χ2v) is 5.58. The van der Waals surface area contributed by atoms with E-state index in [2.05, 4.69) is 28.8 Å². The highest BCUT2D eigenvalue weighted by molar-refractivity contribution is 5.55. The molecule has 1 aliphatic heterocycles. The van der Waals surface area contributed by atoms with Gasteiger partial charge in [-0.05, 0) is 25.7 Å². The van der Waals surface area contributed by atoms with Gasteiger partial charge in [0.25, 0.3) is 0 Å². The molecule has 0 saturated carbocycles. The number of nitrogens with zero attached hydrogens (tertiary/aromatic N) is 3. The van der Waals surface area contributed by atoms with Gasteiger partial charge >= 0.3 is 0 Å². The molecule has 0 atom stereocenters. The summed E-state index contributed by atoms with van der Waals surface area (Å²) < 4.78 is 14.1. The lowest BCUT2D eigenvalue weighted by Gasteiger charge is -2.37. The van der Waals surface area contributed by atoms with Crippen molar-refractivity contribution in [2.75, 3.05) is 58.3 Å². The van der Waals surface area contributed by atoms with Gasteiger partial charge in [0.15, 0.2) is 0 Å². The van der Waals surface area contributed by atoms with Crippen LogP contribution >= 0.6 is 0 Å². The van der Waals surface area contributed by atoms with E-state index in [1.54, 1.807) is 6.07 Å². The molecule has 0 radical (unpaired) electrons. The van der Waals surface area contributed by atoms with Crippen molar-refractivity contribution in [3.05, 3.63) is 29.6 Å². The second-order valence-electron chi connectivity index (χ2n) is 5.58. The number of rotatable bonds is 5. The van der Waals surface area contributed by atoms with Crippen LogP contribution in [0, 0.1) is 5.82 Å². The molecule has 4 nitrogen and oxygen atoms in total. The van der Waals surface area contributed by atoms with Crippen molar-refractivity contribution < 1.29 is 4.39 Å². The van der Waals surface area contributed by atoms with Gasteiger partial charge in [0, 0.05) is 45.8 Å². The Bertz CT molecular complexity index is 428. The Kier molecular flexibility index (Phi) is 5.34. The van der Waals surface area contributed by atoms with Gasteiger partial charge in [-0.1, -0.05) is 12.1 Å². The average molecular weight is 280 g/mol.